The molecule has 1 atom stereocenters. The van der Waals surface area contributed by atoms with Crippen molar-refractivity contribution >= 4 is 5.91 Å². The number of hydrogen-bond acceptors (Lipinski definition) is 2. The molecule has 2 rings (SSSR count). The van der Waals surface area contributed by atoms with Crippen LogP contribution in [0.5, 0.6) is 0 Å². The minimum absolute atomic E-state index is 0.0391. The third-order valence-corrected chi connectivity index (χ3v) is 3.22. The maximum absolute atomic E-state index is 12.9. The first-order valence-electron chi connectivity index (χ1n) is 6.35. The molecule has 1 aromatic rings. The van der Waals surface area contributed by atoms with Gasteiger partial charge in [-0.1, -0.05) is 6.07 Å². The van der Waals surface area contributed by atoms with Crippen molar-refractivity contribution in [3.05, 3.63) is 35.1 Å². The van der Waals surface area contributed by atoms with E-state index in [4.69, 9.17) is 0 Å². The van der Waals surface area contributed by atoms with Crippen LogP contribution >= 0.6 is 0 Å². The maximum Gasteiger partial charge on any atom is 0.237 e. The average molecular weight is 250 g/mol. The number of benzene rings is 1. The monoisotopic (exact) mass is 250 g/mol. The Morgan fingerprint density at radius 2 is 2.22 bits per heavy atom. The number of rotatable bonds is 5. The highest BCUT2D eigenvalue weighted by molar-refractivity contribution is 5.81. The van der Waals surface area contributed by atoms with Crippen LogP contribution in [0.3, 0.4) is 0 Å². The second-order valence-electron chi connectivity index (χ2n) is 4.96. The van der Waals surface area contributed by atoms with Crippen molar-refractivity contribution < 1.29 is 9.18 Å². The first-order valence-corrected chi connectivity index (χ1v) is 6.35. The lowest BCUT2D eigenvalue weighted by atomic mass is 10.1. The molecule has 0 aliphatic heterocycles. The zero-order chi connectivity index (χ0) is 13.1. The molecule has 1 aromatic carbocycles. The minimum Gasteiger partial charge on any atom is -0.352 e. The van der Waals surface area contributed by atoms with Crippen LogP contribution in [0.25, 0.3) is 0 Å². The van der Waals surface area contributed by atoms with Crippen LogP contribution in [0.1, 0.15) is 30.9 Å². The number of carbonyl (C=O) groups is 1. The van der Waals surface area contributed by atoms with E-state index in [1.165, 1.54) is 12.1 Å². The second kappa shape index (κ2) is 5.48. The molecule has 1 aliphatic rings. The fourth-order valence-corrected chi connectivity index (χ4v) is 1.77. The van der Waals surface area contributed by atoms with E-state index in [1.54, 1.807) is 6.07 Å². The highest BCUT2D eigenvalue weighted by atomic mass is 19.1. The van der Waals surface area contributed by atoms with Gasteiger partial charge in [-0.25, -0.2) is 4.39 Å². The van der Waals surface area contributed by atoms with Gasteiger partial charge >= 0.3 is 0 Å². The maximum atomic E-state index is 12.9. The van der Waals surface area contributed by atoms with Gasteiger partial charge < -0.3 is 10.6 Å². The van der Waals surface area contributed by atoms with E-state index >= 15 is 0 Å². The van der Waals surface area contributed by atoms with Crippen LogP contribution in [0.2, 0.25) is 0 Å². The molecule has 98 valence electrons. The van der Waals surface area contributed by atoms with Gasteiger partial charge in [-0.15, -0.1) is 0 Å². The quantitative estimate of drug-likeness (QED) is 0.838. The fourth-order valence-electron chi connectivity index (χ4n) is 1.77. The first kappa shape index (κ1) is 13.0. The summed E-state index contributed by atoms with van der Waals surface area (Å²) in [4.78, 5) is 11.7. The first-order chi connectivity index (χ1) is 8.56. The number of carbonyl (C=O) groups excluding carboxylic acids is 1. The topological polar surface area (TPSA) is 41.1 Å². The molecule has 0 radical (unpaired) electrons. The summed E-state index contributed by atoms with van der Waals surface area (Å²) in [6.07, 6.45) is 2.19. The largest absolute Gasteiger partial charge is 0.352 e. The predicted octanol–water partition coefficient (Wildman–Crippen LogP) is 1.89. The minimum atomic E-state index is -0.227. The van der Waals surface area contributed by atoms with Crippen LogP contribution in [-0.4, -0.2) is 18.0 Å². The van der Waals surface area contributed by atoms with Gasteiger partial charge in [0.1, 0.15) is 5.82 Å². The summed E-state index contributed by atoms with van der Waals surface area (Å²) in [5, 5.41) is 6.11. The van der Waals surface area contributed by atoms with Gasteiger partial charge in [0, 0.05) is 12.6 Å². The van der Waals surface area contributed by atoms with E-state index in [9.17, 15) is 9.18 Å². The molecule has 1 unspecified atom stereocenters. The number of halogens is 1. The molecule has 1 amide bonds. The lowest BCUT2D eigenvalue weighted by Gasteiger charge is -2.14. The lowest BCUT2D eigenvalue weighted by Crippen LogP contribution is -2.42. The molecule has 0 saturated heterocycles. The zero-order valence-electron chi connectivity index (χ0n) is 10.8. The normalized spacial score (nSPS) is 16.4. The van der Waals surface area contributed by atoms with Gasteiger partial charge in [-0.2, -0.15) is 0 Å². The Morgan fingerprint density at radius 1 is 1.50 bits per heavy atom. The van der Waals surface area contributed by atoms with E-state index in [2.05, 4.69) is 10.6 Å². The Balaban J connectivity index is 1.84. The molecule has 1 saturated carbocycles. The van der Waals surface area contributed by atoms with Crippen LogP contribution in [0.15, 0.2) is 18.2 Å². The third kappa shape index (κ3) is 3.53. The van der Waals surface area contributed by atoms with E-state index < -0.39 is 0 Å². The standard InChI is InChI=1S/C14H19FN2O/c1-9-7-12(15)4-3-11(9)8-16-10(2)14(18)17-13-5-6-13/h3-4,7,10,13,16H,5-6,8H2,1-2H3,(H,17,18). The number of aryl methyl sites for hydroxylation is 1. The van der Waals surface area contributed by atoms with Crippen molar-refractivity contribution in [1.29, 1.82) is 0 Å². The lowest BCUT2D eigenvalue weighted by molar-refractivity contribution is -0.122. The van der Waals surface area contributed by atoms with Crippen LogP contribution < -0.4 is 10.6 Å². The van der Waals surface area contributed by atoms with Gasteiger partial charge in [0.05, 0.1) is 6.04 Å². The van der Waals surface area contributed by atoms with E-state index in [0.717, 1.165) is 24.0 Å². The van der Waals surface area contributed by atoms with Gasteiger partial charge in [0.25, 0.3) is 0 Å². The molecule has 0 aromatic heterocycles. The molecule has 0 heterocycles. The number of hydrogen-bond donors (Lipinski definition) is 2. The van der Waals surface area contributed by atoms with Crippen molar-refractivity contribution in [2.75, 3.05) is 0 Å². The molecule has 18 heavy (non-hydrogen) atoms. The van der Waals surface area contributed by atoms with E-state index in [1.807, 2.05) is 13.8 Å². The average Bonchev–Trinajstić information content (AvgIpc) is 3.11. The van der Waals surface area contributed by atoms with Crippen LogP contribution in [0, 0.1) is 12.7 Å². The Hall–Kier alpha value is -1.42. The molecule has 2 N–H and O–H groups in total. The summed E-state index contributed by atoms with van der Waals surface area (Å²) in [5.74, 6) is -0.187. The van der Waals surface area contributed by atoms with Crippen molar-refractivity contribution in [2.24, 2.45) is 0 Å². The molecule has 0 spiro atoms. The molecule has 0 bridgehead atoms. The Bertz CT molecular complexity index is 443. The van der Waals surface area contributed by atoms with Crippen molar-refractivity contribution in [3.63, 3.8) is 0 Å². The van der Waals surface area contributed by atoms with E-state index in [-0.39, 0.29) is 17.8 Å². The Morgan fingerprint density at radius 3 is 2.83 bits per heavy atom. The Kier molecular flexibility index (Phi) is 3.97. The summed E-state index contributed by atoms with van der Waals surface area (Å²) in [7, 11) is 0. The van der Waals surface area contributed by atoms with Crippen LogP contribution in [-0.2, 0) is 11.3 Å². The van der Waals surface area contributed by atoms with Gasteiger partial charge in [-0.05, 0) is 49.9 Å². The summed E-state index contributed by atoms with van der Waals surface area (Å²) < 4.78 is 12.9. The van der Waals surface area contributed by atoms with Gasteiger partial charge in [0.15, 0.2) is 0 Å². The molecule has 3 nitrogen and oxygen atoms in total. The molecule has 1 aliphatic carbocycles. The van der Waals surface area contributed by atoms with E-state index in [0.29, 0.717) is 12.6 Å². The van der Waals surface area contributed by atoms with Gasteiger partial charge in [-0.3, -0.25) is 4.79 Å². The summed E-state index contributed by atoms with van der Waals surface area (Å²) >= 11 is 0. The Labute approximate surface area is 107 Å². The highest BCUT2D eigenvalue weighted by Crippen LogP contribution is 2.18. The van der Waals surface area contributed by atoms with Crippen molar-refractivity contribution in [3.8, 4) is 0 Å². The second-order valence-corrected chi connectivity index (χ2v) is 4.96. The summed E-state index contributed by atoms with van der Waals surface area (Å²) in [6.45, 7) is 4.29. The predicted molar refractivity (Wildman–Crippen MR) is 68.6 cm³/mol. The SMILES string of the molecule is Cc1cc(F)ccc1CNC(C)C(=O)NC1CC1. The number of amides is 1. The smallest absolute Gasteiger partial charge is 0.237 e. The molecule has 4 heteroatoms. The van der Waals surface area contributed by atoms with Crippen LogP contribution in [0.4, 0.5) is 4.39 Å². The highest BCUT2D eigenvalue weighted by Gasteiger charge is 2.25. The molecular weight excluding hydrogens is 231 g/mol. The van der Waals surface area contributed by atoms with Crippen molar-refractivity contribution in [1.82, 2.24) is 10.6 Å². The zero-order valence-corrected chi connectivity index (χ0v) is 10.8. The fraction of sp³-hybridized carbons (Fsp3) is 0.500. The molecule has 1 fully saturated rings. The molecular formula is C14H19FN2O. The third-order valence-electron chi connectivity index (χ3n) is 3.22. The summed E-state index contributed by atoms with van der Waals surface area (Å²) in [6, 6.07) is 4.86. The van der Waals surface area contributed by atoms with Gasteiger partial charge in [0.2, 0.25) is 5.91 Å². The number of nitrogens with one attached hydrogen (secondary N) is 2. The summed E-state index contributed by atoms with van der Waals surface area (Å²) in [5.41, 5.74) is 1.92. The van der Waals surface area contributed by atoms with Crippen molar-refractivity contribution in [2.45, 2.75) is 45.3 Å².